The summed E-state index contributed by atoms with van der Waals surface area (Å²) in [6.45, 7) is 0. The van der Waals surface area contributed by atoms with Crippen LogP contribution in [0.1, 0.15) is 17.9 Å². The van der Waals surface area contributed by atoms with E-state index in [0.717, 1.165) is 10.9 Å². The average Bonchev–Trinajstić information content (AvgIpc) is 2.67. The summed E-state index contributed by atoms with van der Waals surface area (Å²) in [5.41, 5.74) is 7.10. The molecule has 0 spiro atoms. The highest BCUT2D eigenvalue weighted by atomic mass is 79.9. The molecule has 0 saturated heterocycles. The molecule has 3 heteroatoms. The van der Waals surface area contributed by atoms with E-state index in [-0.39, 0.29) is 12.4 Å². The van der Waals surface area contributed by atoms with Crippen LogP contribution < -0.4 is 5.73 Å². The second-order valence-corrected chi connectivity index (χ2v) is 3.98. The van der Waals surface area contributed by atoms with Crippen LogP contribution in [0, 0.1) is 0 Å². The zero-order valence-electron chi connectivity index (χ0n) is 6.53. The van der Waals surface area contributed by atoms with Crippen molar-refractivity contribution in [1.82, 2.24) is 0 Å². The van der Waals surface area contributed by atoms with Gasteiger partial charge in [0.15, 0.2) is 0 Å². The van der Waals surface area contributed by atoms with Crippen molar-refractivity contribution in [2.75, 3.05) is 0 Å². The fraction of sp³-hybridized carbons (Fsp3) is 0.333. The lowest BCUT2D eigenvalue weighted by atomic mass is 10.1. The molecule has 1 fully saturated rings. The minimum atomic E-state index is 0. The molecule has 1 aliphatic carbocycles. The van der Waals surface area contributed by atoms with E-state index in [1.807, 2.05) is 6.07 Å². The number of nitrogens with two attached hydrogens (primary N) is 1. The molecule has 0 amide bonds. The highest BCUT2D eigenvalue weighted by Crippen LogP contribution is 2.39. The third kappa shape index (κ3) is 2.00. The first-order valence-corrected chi connectivity index (χ1v) is 4.58. The van der Waals surface area contributed by atoms with E-state index in [0.29, 0.717) is 12.0 Å². The lowest BCUT2D eigenvalue weighted by Crippen LogP contribution is -2.00. The first-order valence-electron chi connectivity index (χ1n) is 3.78. The highest BCUT2D eigenvalue weighted by molar-refractivity contribution is 9.10. The molecule has 0 aliphatic heterocycles. The molecule has 1 aromatic rings. The Balaban J connectivity index is 0.000000720. The van der Waals surface area contributed by atoms with Gasteiger partial charge in [-0.05, 0) is 24.1 Å². The second-order valence-electron chi connectivity index (χ2n) is 3.06. The van der Waals surface area contributed by atoms with Crippen molar-refractivity contribution in [3.05, 3.63) is 34.3 Å². The van der Waals surface area contributed by atoms with Gasteiger partial charge in [-0.25, -0.2) is 0 Å². The maximum Gasteiger partial charge on any atom is 0.0178 e. The van der Waals surface area contributed by atoms with Gasteiger partial charge in [-0.1, -0.05) is 28.1 Å². The second kappa shape index (κ2) is 3.77. The van der Waals surface area contributed by atoms with Crippen LogP contribution in [-0.4, -0.2) is 6.04 Å². The van der Waals surface area contributed by atoms with E-state index >= 15 is 0 Å². The maximum absolute atomic E-state index is 5.73. The van der Waals surface area contributed by atoms with E-state index in [1.54, 1.807) is 0 Å². The largest absolute Gasteiger partial charge is 0.327 e. The van der Waals surface area contributed by atoms with Crippen LogP contribution in [0.4, 0.5) is 0 Å². The summed E-state index contributed by atoms with van der Waals surface area (Å²) in [6, 6.07) is 8.80. The van der Waals surface area contributed by atoms with Gasteiger partial charge in [-0.3, -0.25) is 0 Å². The summed E-state index contributed by atoms with van der Waals surface area (Å²) in [7, 11) is 0. The Bertz CT molecular complexity index is 277. The Hall–Kier alpha value is -0.0500. The van der Waals surface area contributed by atoms with Crippen molar-refractivity contribution < 1.29 is 0 Å². The van der Waals surface area contributed by atoms with Crippen LogP contribution in [0.3, 0.4) is 0 Å². The molecular weight excluding hydrogens is 237 g/mol. The molecule has 2 rings (SSSR count). The van der Waals surface area contributed by atoms with Gasteiger partial charge >= 0.3 is 0 Å². The van der Waals surface area contributed by atoms with E-state index in [9.17, 15) is 0 Å². The van der Waals surface area contributed by atoms with Crippen LogP contribution in [0.15, 0.2) is 28.7 Å². The molecule has 66 valence electrons. The fourth-order valence-corrected chi connectivity index (χ4v) is 1.75. The first-order chi connectivity index (χ1) is 5.27. The van der Waals surface area contributed by atoms with Gasteiger partial charge in [0.2, 0.25) is 0 Å². The van der Waals surface area contributed by atoms with Crippen molar-refractivity contribution in [3.8, 4) is 0 Å². The summed E-state index contributed by atoms with van der Waals surface area (Å²) in [4.78, 5) is 0. The van der Waals surface area contributed by atoms with Gasteiger partial charge < -0.3 is 5.73 Å². The number of benzene rings is 1. The Morgan fingerprint density at radius 3 is 2.58 bits per heavy atom. The zero-order chi connectivity index (χ0) is 7.84. The van der Waals surface area contributed by atoms with Crippen molar-refractivity contribution in [3.63, 3.8) is 0 Å². The molecule has 0 radical (unpaired) electrons. The zero-order valence-corrected chi connectivity index (χ0v) is 8.94. The quantitative estimate of drug-likeness (QED) is 0.812. The van der Waals surface area contributed by atoms with E-state index in [4.69, 9.17) is 5.73 Å². The molecule has 1 nitrogen and oxygen atoms in total. The third-order valence-electron chi connectivity index (χ3n) is 2.12. The van der Waals surface area contributed by atoms with E-state index in [2.05, 4.69) is 34.1 Å². The van der Waals surface area contributed by atoms with Crippen LogP contribution in [-0.2, 0) is 0 Å². The number of rotatable bonds is 1. The molecular formula is C9H11BrClN. The predicted octanol–water partition coefficient (Wildman–Crippen LogP) is 2.69. The molecule has 1 aromatic carbocycles. The number of halogens is 2. The minimum Gasteiger partial charge on any atom is -0.327 e. The topological polar surface area (TPSA) is 26.0 Å². The molecule has 2 atom stereocenters. The lowest BCUT2D eigenvalue weighted by molar-refractivity contribution is 0.989. The molecule has 1 saturated carbocycles. The number of hydrogen-bond acceptors (Lipinski definition) is 1. The molecule has 12 heavy (non-hydrogen) atoms. The SMILES string of the molecule is Cl.N[C@H]1C[C@@H]1c1cccc(Br)c1. The average molecular weight is 249 g/mol. The standard InChI is InChI=1S/C9H10BrN.ClH/c10-7-3-1-2-6(4-7)8-5-9(8)11;/h1-4,8-9H,5,11H2;1H/t8-,9+;/m1./s1. The van der Waals surface area contributed by atoms with Crippen LogP contribution in [0.25, 0.3) is 0 Å². The van der Waals surface area contributed by atoms with Gasteiger partial charge in [0.1, 0.15) is 0 Å². The summed E-state index contributed by atoms with van der Waals surface area (Å²) in [6.07, 6.45) is 1.15. The highest BCUT2D eigenvalue weighted by Gasteiger charge is 2.34. The number of hydrogen-bond donors (Lipinski definition) is 1. The molecule has 0 aromatic heterocycles. The van der Waals surface area contributed by atoms with Crippen LogP contribution in [0.2, 0.25) is 0 Å². The Labute approximate surface area is 86.9 Å². The molecule has 2 N–H and O–H groups in total. The third-order valence-corrected chi connectivity index (χ3v) is 2.61. The van der Waals surface area contributed by atoms with Crippen LogP contribution >= 0.6 is 28.3 Å². The fourth-order valence-electron chi connectivity index (χ4n) is 1.34. The summed E-state index contributed by atoms with van der Waals surface area (Å²) in [5, 5.41) is 0. The lowest BCUT2D eigenvalue weighted by Gasteiger charge is -1.97. The van der Waals surface area contributed by atoms with Gasteiger partial charge in [-0.15, -0.1) is 12.4 Å². The van der Waals surface area contributed by atoms with E-state index in [1.165, 1.54) is 5.56 Å². The Morgan fingerprint density at radius 1 is 1.42 bits per heavy atom. The van der Waals surface area contributed by atoms with E-state index < -0.39 is 0 Å². The van der Waals surface area contributed by atoms with Crippen molar-refractivity contribution >= 4 is 28.3 Å². The molecule has 1 aliphatic rings. The van der Waals surface area contributed by atoms with Gasteiger partial charge in [0, 0.05) is 16.4 Å². The van der Waals surface area contributed by atoms with Crippen molar-refractivity contribution in [2.24, 2.45) is 5.73 Å². The molecule has 0 bridgehead atoms. The normalized spacial score (nSPS) is 26.2. The Kier molecular flexibility index (Phi) is 3.16. The molecule has 0 heterocycles. The monoisotopic (exact) mass is 247 g/mol. The Morgan fingerprint density at radius 2 is 2.08 bits per heavy atom. The van der Waals surface area contributed by atoms with Gasteiger partial charge in [0.05, 0.1) is 0 Å². The van der Waals surface area contributed by atoms with Crippen molar-refractivity contribution in [2.45, 2.75) is 18.4 Å². The summed E-state index contributed by atoms with van der Waals surface area (Å²) in [5.74, 6) is 0.618. The summed E-state index contributed by atoms with van der Waals surface area (Å²) < 4.78 is 1.15. The van der Waals surface area contributed by atoms with Gasteiger partial charge in [-0.2, -0.15) is 0 Å². The maximum atomic E-state index is 5.73. The smallest absolute Gasteiger partial charge is 0.0178 e. The molecule has 0 unspecified atom stereocenters. The summed E-state index contributed by atoms with van der Waals surface area (Å²) >= 11 is 3.44. The van der Waals surface area contributed by atoms with Crippen molar-refractivity contribution in [1.29, 1.82) is 0 Å². The first kappa shape index (κ1) is 10.0. The minimum absolute atomic E-state index is 0. The predicted molar refractivity (Wildman–Crippen MR) is 56.7 cm³/mol. The van der Waals surface area contributed by atoms with Crippen LogP contribution in [0.5, 0.6) is 0 Å². The van der Waals surface area contributed by atoms with Gasteiger partial charge in [0.25, 0.3) is 0 Å².